The van der Waals surface area contributed by atoms with E-state index in [4.69, 9.17) is 4.74 Å². The zero-order valence-corrected chi connectivity index (χ0v) is 12.4. The molecule has 1 aliphatic rings. The van der Waals surface area contributed by atoms with Gasteiger partial charge in [-0.2, -0.15) is 5.26 Å². The summed E-state index contributed by atoms with van der Waals surface area (Å²) in [6, 6.07) is 8.77. The van der Waals surface area contributed by atoms with Crippen LogP contribution in [0.1, 0.15) is 19.3 Å². The molecule has 1 aliphatic carbocycles. The van der Waals surface area contributed by atoms with Crippen molar-refractivity contribution in [1.29, 1.82) is 5.26 Å². The molecule has 0 aromatic heterocycles. The summed E-state index contributed by atoms with van der Waals surface area (Å²) in [5.74, 6) is 0.530. The van der Waals surface area contributed by atoms with Crippen molar-refractivity contribution in [2.45, 2.75) is 35.8 Å². The summed E-state index contributed by atoms with van der Waals surface area (Å²) in [6.07, 6.45) is 3.21. The standard InChI is InChI=1S/C14H18N2O3S/c1-16-14(10-15)7-6-12(9-14)19-11-4-3-5-13(8-11)20(2,17)18/h3-5,8,12,16H,6-7,9H2,1-2H3. The first-order chi connectivity index (χ1) is 9.38. The second-order valence-corrected chi connectivity index (χ2v) is 7.19. The molecule has 0 heterocycles. The molecular formula is C14H18N2O3S. The lowest BCUT2D eigenvalue weighted by molar-refractivity contribution is 0.201. The summed E-state index contributed by atoms with van der Waals surface area (Å²) in [6.45, 7) is 0. The summed E-state index contributed by atoms with van der Waals surface area (Å²) in [7, 11) is -1.46. The number of hydrogen-bond acceptors (Lipinski definition) is 5. The zero-order chi connectivity index (χ0) is 14.8. The maximum absolute atomic E-state index is 11.5. The molecule has 0 amide bonds. The van der Waals surface area contributed by atoms with Crippen molar-refractivity contribution in [3.05, 3.63) is 24.3 Å². The number of nitrogens with one attached hydrogen (secondary N) is 1. The number of ether oxygens (including phenoxy) is 1. The van der Waals surface area contributed by atoms with Gasteiger partial charge in [0.25, 0.3) is 0 Å². The highest BCUT2D eigenvalue weighted by Crippen LogP contribution is 2.32. The molecule has 20 heavy (non-hydrogen) atoms. The van der Waals surface area contributed by atoms with Gasteiger partial charge in [-0.25, -0.2) is 8.42 Å². The van der Waals surface area contributed by atoms with Crippen LogP contribution in [0.15, 0.2) is 29.2 Å². The Hall–Kier alpha value is -1.58. The topological polar surface area (TPSA) is 79.2 Å². The second-order valence-electron chi connectivity index (χ2n) is 5.17. The fraction of sp³-hybridized carbons (Fsp3) is 0.500. The minimum atomic E-state index is -3.24. The first-order valence-electron chi connectivity index (χ1n) is 6.45. The van der Waals surface area contributed by atoms with Crippen molar-refractivity contribution in [1.82, 2.24) is 5.32 Å². The summed E-state index contributed by atoms with van der Waals surface area (Å²) >= 11 is 0. The molecule has 2 unspecified atom stereocenters. The molecule has 5 nitrogen and oxygen atoms in total. The highest BCUT2D eigenvalue weighted by Gasteiger charge is 2.39. The number of nitrogens with zero attached hydrogens (tertiary/aromatic N) is 1. The molecule has 1 N–H and O–H groups in total. The van der Waals surface area contributed by atoms with Crippen LogP contribution in [-0.2, 0) is 9.84 Å². The maximum Gasteiger partial charge on any atom is 0.175 e. The van der Waals surface area contributed by atoms with Crippen molar-refractivity contribution in [3.8, 4) is 11.8 Å². The van der Waals surface area contributed by atoms with Gasteiger partial charge < -0.3 is 10.1 Å². The molecule has 0 radical (unpaired) electrons. The summed E-state index contributed by atoms with van der Waals surface area (Å²) in [5.41, 5.74) is -0.529. The third-order valence-corrected chi connectivity index (χ3v) is 4.81. The molecule has 1 fully saturated rings. The predicted octanol–water partition coefficient (Wildman–Crippen LogP) is 1.50. The molecule has 108 valence electrons. The molecule has 1 aromatic carbocycles. The lowest BCUT2D eigenvalue weighted by Crippen LogP contribution is -2.39. The largest absolute Gasteiger partial charge is 0.490 e. The van der Waals surface area contributed by atoms with E-state index >= 15 is 0 Å². The van der Waals surface area contributed by atoms with Crippen LogP contribution in [-0.4, -0.2) is 33.4 Å². The maximum atomic E-state index is 11.5. The van der Waals surface area contributed by atoms with Crippen LogP contribution in [0.5, 0.6) is 5.75 Å². The van der Waals surface area contributed by atoms with Gasteiger partial charge in [-0.1, -0.05) is 6.07 Å². The van der Waals surface area contributed by atoms with E-state index in [-0.39, 0.29) is 11.0 Å². The Labute approximate surface area is 119 Å². The number of nitriles is 1. The number of rotatable bonds is 4. The normalized spacial score (nSPS) is 26.1. The molecule has 2 atom stereocenters. The van der Waals surface area contributed by atoms with Gasteiger partial charge in [-0.05, 0) is 38.1 Å². The molecule has 0 bridgehead atoms. The van der Waals surface area contributed by atoms with Gasteiger partial charge >= 0.3 is 0 Å². The van der Waals surface area contributed by atoms with E-state index in [0.29, 0.717) is 12.2 Å². The van der Waals surface area contributed by atoms with E-state index in [9.17, 15) is 13.7 Å². The highest BCUT2D eigenvalue weighted by atomic mass is 32.2. The fourth-order valence-corrected chi connectivity index (χ4v) is 3.11. The number of benzene rings is 1. The highest BCUT2D eigenvalue weighted by molar-refractivity contribution is 7.90. The lowest BCUT2D eigenvalue weighted by atomic mass is 10.0. The van der Waals surface area contributed by atoms with Crippen molar-refractivity contribution in [2.75, 3.05) is 13.3 Å². The van der Waals surface area contributed by atoms with Crippen molar-refractivity contribution >= 4 is 9.84 Å². The first kappa shape index (κ1) is 14.8. The molecule has 0 aliphatic heterocycles. The Morgan fingerprint density at radius 3 is 2.80 bits per heavy atom. The van der Waals surface area contributed by atoms with Crippen LogP contribution >= 0.6 is 0 Å². The average molecular weight is 294 g/mol. The summed E-state index contributed by atoms with van der Waals surface area (Å²) in [4.78, 5) is 0.244. The van der Waals surface area contributed by atoms with E-state index in [1.807, 2.05) is 0 Å². The number of hydrogen-bond donors (Lipinski definition) is 1. The minimum Gasteiger partial charge on any atom is -0.490 e. The lowest BCUT2D eigenvalue weighted by Gasteiger charge is -2.20. The SMILES string of the molecule is CNC1(C#N)CCC(Oc2cccc(S(C)(=O)=O)c2)C1. The van der Waals surface area contributed by atoms with Gasteiger partial charge in [-0.3, -0.25) is 0 Å². The second kappa shape index (κ2) is 5.43. The number of sulfone groups is 1. The Kier molecular flexibility index (Phi) is 4.02. The average Bonchev–Trinajstić information content (AvgIpc) is 2.82. The molecule has 6 heteroatoms. The quantitative estimate of drug-likeness (QED) is 0.910. The van der Waals surface area contributed by atoms with E-state index in [1.54, 1.807) is 25.2 Å². The summed E-state index contributed by atoms with van der Waals surface area (Å²) < 4.78 is 28.8. The van der Waals surface area contributed by atoms with E-state index < -0.39 is 15.4 Å². The smallest absolute Gasteiger partial charge is 0.175 e. The fourth-order valence-electron chi connectivity index (χ4n) is 2.46. The van der Waals surface area contributed by atoms with Crippen LogP contribution in [0.4, 0.5) is 0 Å². The molecular weight excluding hydrogens is 276 g/mol. The molecule has 0 spiro atoms. The van der Waals surface area contributed by atoms with E-state index in [1.165, 1.54) is 12.3 Å². The van der Waals surface area contributed by atoms with Gasteiger partial charge in [-0.15, -0.1) is 0 Å². The van der Waals surface area contributed by atoms with Gasteiger partial charge in [0.2, 0.25) is 0 Å². The van der Waals surface area contributed by atoms with Crippen molar-refractivity contribution in [2.24, 2.45) is 0 Å². The van der Waals surface area contributed by atoms with E-state index in [0.717, 1.165) is 12.8 Å². The van der Waals surface area contributed by atoms with Crippen LogP contribution in [0, 0.1) is 11.3 Å². The minimum absolute atomic E-state index is 0.0723. The van der Waals surface area contributed by atoms with Crippen molar-refractivity contribution < 1.29 is 13.2 Å². The Morgan fingerprint density at radius 2 is 2.25 bits per heavy atom. The predicted molar refractivity (Wildman–Crippen MR) is 75.2 cm³/mol. The third-order valence-electron chi connectivity index (χ3n) is 3.70. The Balaban J connectivity index is 2.11. The Morgan fingerprint density at radius 1 is 1.50 bits per heavy atom. The molecule has 1 aromatic rings. The zero-order valence-electron chi connectivity index (χ0n) is 11.6. The van der Waals surface area contributed by atoms with Crippen LogP contribution in [0.25, 0.3) is 0 Å². The van der Waals surface area contributed by atoms with Gasteiger partial charge in [0.15, 0.2) is 9.84 Å². The Bertz CT molecular complexity index is 636. The summed E-state index contributed by atoms with van der Waals surface area (Å²) in [5, 5.41) is 12.2. The van der Waals surface area contributed by atoms with Crippen LogP contribution < -0.4 is 10.1 Å². The molecule has 2 rings (SSSR count). The molecule has 0 saturated heterocycles. The first-order valence-corrected chi connectivity index (χ1v) is 8.35. The van der Waals surface area contributed by atoms with E-state index in [2.05, 4.69) is 11.4 Å². The van der Waals surface area contributed by atoms with Gasteiger partial charge in [0.05, 0.1) is 11.0 Å². The monoisotopic (exact) mass is 294 g/mol. The van der Waals surface area contributed by atoms with Crippen molar-refractivity contribution in [3.63, 3.8) is 0 Å². The van der Waals surface area contributed by atoms with Crippen LogP contribution in [0.3, 0.4) is 0 Å². The van der Waals surface area contributed by atoms with Gasteiger partial charge in [0.1, 0.15) is 17.4 Å². The molecule has 1 saturated carbocycles. The van der Waals surface area contributed by atoms with Gasteiger partial charge in [0, 0.05) is 12.7 Å². The third kappa shape index (κ3) is 3.11. The van der Waals surface area contributed by atoms with Crippen LogP contribution in [0.2, 0.25) is 0 Å².